The summed E-state index contributed by atoms with van der Waals surface area (Å²) in [5, 5.41) is 2.35. The fraction of sp³-hybridized carbons (Fsp3) is 0.0714. The summed E-state index contributed by atoms with van der Waals surface area (Å²) >= 11 is 0. The summed E-state index contributed by atoms with van der Waals surface area (Å²) in [6.07, 6.45) is 1.56. The molecule has 1 heterocycles. The van der Waals surface area contributed by atoms with Crippen molar-refractivity contribution in [1.82, 2.24) is 4.98 Å². The predicted octanol–water partition coefficient (Wildman–Crippen LogP) is 3.54. The topological polar surface area (TPSA) is 22.1 Å². The number of rotatable bonds is 1. The molecule has 0 aliphatic heterocycles. The Morgan fingerprint density at radius 2 is 1.94 bits per heavy atom. The number of halogens is 1. The van der Waals surface area contributed by atoms with E-state index in [0.717, 1.165) is 22.0 Å². The number of ether oxygens (including phenoxy) is 1. The highest BCUT2D eigenvalue weighted by Gasteiger charge is 2.05. The van der Waals surface area contributed by atoms with E-state index in [4.69, 9.17) is 4.74 Å². The summed E-state index contributed by atoms with van der Waals surface area (Å²) in [6, 6.07) is 10.7. The number of nitrogens with zero attached hydrogens (tertiary/aromatic N) is 1. The first-order valence-electron chi connectivity index (χ1n) is 5.30. The molecule has 84 valence electrons. The summed E-state index contributed by atoms with van der Waals surface area (Å²) < 4.78 is 18.7. The van der Waals surface area contributed by atoms with Gasteiger partial charge in [0.15, 0.2) is 0 Å². The standard InChI is InChI=1S/C14H10FNO/c1-17-9-5-6-11-10-3-2-4-13(15)12(10)8-16-14(11)7-9/h2-8H,1H3. The van der Waals surface area contributed by atoms with E-state index in [0.29, 0.717) is 5.39 Å². The van der Waals surface area contributed by atoms with Crippen LogP contribution in [-0.2, 0) is 0 Å². The van der Waals surface area contributed by atoms with E-state index in [2.05, 4.69) is 4.98 Å². The number of hydrogen-bond donors (Lipinski definition) is 0. The third kappa shape index (κ3) is 1.51. The summed E-state index contributed by atoms with van der Waals surface area (Å²) in [4.78, 5) is 4.26. The number of pyridine rings is 1. The van der Waals surface area contributed by atoms with Crippen LogP contribution in [0.1, 0.15) is 0 Å². The molecular weight excluding hydrogens is 217 g/mol. The monoisotopic (exact) mass is 227 g/mol. The first-order chi connectivity index (χ1) is 8.29. The summed E-state index contributed by atoms with van der Waals surface area (Å²) in [5.41, 5.74) is 0.808. The van der Waals surface area contributed by atoms with Crippen molar-refractivity contribution in [2.75, 3.05) is 7.11 Å². The van der Waals surface area contributed by atoms with E-state index >= 15 is 0 Å². The zero-order chi connectivity index (χ0) is 11.8. The number of hydrogen-bond acceptors (Lipinski definition) is 2. The molecule has 2 nitrogen and oxygen atoms in total. The quantitative estimate of drug-likeness (QED) is 0.593. The molecule has 3 heteroatoms. The smallest absolute Gasteiger partial charge is 0.132 e. The average molecular weight is 227 g/mol. The second-order valence-electron chi connectivity index (χ2n) is 3.84. The van der Waals surface area contributed by atoms with Gasteiger partial charge in [-0.15, -0.1) is 0 Å². The Labute approximate surface area is 97.7 Å². The number of benzene rings is 2. The molecule has 3 aromatic rings. The highest BCUT2D eigenvalue weighted by atomic mass is 19.1. The van der Waals surface area contributed by atoms with Gasteiger partial charge in [0.05, 0.1) is 12.6 Å². The molecule has 0 atom stereocenters. The Hall–Kier alpha value is -2.16. The van der Waals surface area contributed by atoms with Gasteiger partial charge in [0.1, 0.15) is 11.6 Å². The lowest BCUT2D eigenvalue weighted by Crippen LogP contribution is -1.87. The Balaban J connectivity index is 2.44. The molecule has 2 aromatic carbocycles. The van der Waals surface area contributed by atoms with Crippen LogP contribution in [0.5, 0.6) is 5.75 Å². The van der Waals surface area contributed by atoms with E-state index in [9.17, 15) is 4.39 Å². The minimum Gasteiger partial charge on any atom is -0.497 e. The van der Waals surface area contributed by atoms with Crippen molar-refractivity contribution in [3.05, 3.63) is 48.4 Å². The molecule has 0 unspecified atom stereocenters. The molecule has 0 N–H and O–H groups in total. The summed E-state index contributed by atoms with van der Waals surface area (Å²) in [5.74, 6) is 0.508. The van der Waals surface area contributed by atoms with Crippen molar-refractivity contribution >= 4 is 21.7 Å². The maximum atomic E-state index is 13.6. The third-order valence-electron chi connectivity index (χ3n) is 2.88. The lowest BCUT2D eigenvalue weighted by molar-refractivity contribution is 0.415. The van der Waals surface area contributed by atoms with Crippen LogP contribution in [-0.4, -0.2) is 12.1 Å². The third-order valence-corrected chi connectivity index (χ3v) is 2.88. The highest BCUT2D eigenvalue weighted by molar-refractivity contribution is 6.05. The molecule has 0 spiro atoms. The van der Waals surface area contributed by atoms with Crippen LogP contribution in [0.3, 0.4) is 0 Å². The molecule has 3 rings (SSSR count). The normalized spacial score (nSPS) is 10.9. The fourth-order valence-electron chi connectivity index (χ4n) is 2.01. The van der Waals surface area contributed by atoms with Gasteiger partial charge in [-0.2, -0.15) is 0 Å². The highest BCUT2D eigenvalue weighted by Crippen LogP contribution is 2.27. The molecule has 0 saturated heterocycles. The predicted molar refractivity (Wildman–Crippen MR) is 65.8 cm³/mol. The Morgan fingerprint density at radius 1 is 1.06 bits per heavy atom. The molecule has 17 heavy (non-hydrogen) atoms. The van der Waals surface area contributed by atoms with E-state index in [1.54, 1.807) is 19.4 Å². The van der Waals surface area contributed by atoms with Gasteiger partial charge in [0, 0.05) is 23.0 Å². The maximum Gasteiger partial charge on any atom is 0.132 e. The van der Waals surface area contributed by atoms with Crippen LogP contribution >= 0.6 is 0 Å². The Morgan fingerprint density at radius 3 is 2.76 bits per heavy atom. The Bertz CT molecular complexity index is 709. The van der Waals surface area contributed by atoms with Gasteiger partial charge < -0.3 is 4.74 Å². The van der Waals surface area contributed by atoms with Gasteiger partial charge in [-0.05, 0) is 23.6 Å². The maximum absolute atomic E-state index is 13.6. The first-order valence-corrected chi connectivity index (χ1v) is 5.30. The summed E-state index contributed by atoms with van der Waals surface area (Å²) in [6.45, 7) is 0. The lowest BCUT2D eigenvalue weighted by Gasteiger charge is -2.05. The van der Waals surface area contributed by atoms with Crippen molar-refractivity contribution < 1.29 is 9.13 Å². The van der Waals surface area contributed by atoms with Gasteiger partial charge in [-0.1, -0.05) is 12.1 Å². The summed E-state index contributed by atoms with van der Waals surface area (Å²) in [7, 11) is 1.61. The van der Waals surface area contributed by atoms with Crippen molar-refractivity contribution in [3.8, 4) is 5.75 Å². The van der Waals surface area contributed by atoms with E-state index in [-0.39, 0.29) is 5.82 Å². The molecule has 1 aromatic heterocycles. The van der Waals surface area contributed by atoms with E-state index in [1.807, 2.05) is 24.3 Å². The zero-order valence-corrected chi connectivity index (χ0v) is 9.27. The SMILES string of the molecule is COc1ccc2c(c1)ncc1c(F)cccc12. The van der Waals surface area contributed by atoms with Crippen molar-refractivity contribution in [3.63, 3.8) is 0 Å². The Kier molecular flexibility index (Phi) is 2.18. The lowest BCUT2D eigenvalue weighted by atomic mass is 10.1. The molecule has 0 radical (unpaired) electrons. The van der Waals surface area contributed by atoms with E-state index < -0.39 is 0 Å². The molecule has 0 aliphatic rings. The molecule has 0 amide bonds. The number of fused-ring (bicyclic) bond motifs is 3. The van der Waals surface area contributed by atoms with Crippen molar-refractivity contribution in [1.29, 1.82) is 0 Å². The number of methoxy groups -OCH3 is 1. The molecule has 0 fully saturated rings. The molecule has 0 bridgehead atoms. The van der Waals surface area contributed by atoms with Crippen LogP contribution < -0.4 is 4.74 Å². The second-order valence-corrected chi connectivity index (χ2v) is 3.84. The van der Waals surface area contributed by atoms with Crippen molar-refractivity contribution in [2.24, 2.45) is 0 Å². The van der Waals surface area contributed by atoms with Crippen LogP contribution in [0.15, 0.2) is 42.6 Å². The zero-order valence-electron chi connectivity index (χ0n) is 9.27. The minimum atomic E-state index is -0.243. The van der Waals surface area contributed by atoms with Gasteiger partial charge in [-0.25, -0.2) is 4.39 Å². The second kappa shape index (κ2) is 3.70. The molecule has 0 aliphatic carbocycles. The largest absolute Gasteiger partial charge is 0.497 e. The van der Waals surface area contributed by atoms with E-state index in [1.165, 1.54) is 6.07 Å². The van der Waals surface area contributed by atoms with Crippen molar-refractivity contribution in [2.45, 2.75) is 0 Å². The van der Waals surface area contributed by atoms with Crippen LogP contribution in [0.2, 0.25) is 0 Å². The van der Waals surface area contributed by atoms with Crippen LogP contribution in [0, 0.1) is 5.82 Å². The average Bonchev–Trinajstić information content (AvgIpc) is 2.38. The molecular formula is C14H10FNO. The fourth-order valence-corrected chi connectivity index (χ4v) is 2.01. The van der Waals surface area contributed by atoms with Crippen LogP contribution in [0.4, 0.5) is 4.39 Å². The van der Waals surface area contributed by atoms with Crippen LogP contribution in [0.25, 0.3) is 21.7 Å². The number of aromatic nitrogens is 1. The molecule has 0 saturated carbocycles. The van der Waals surface area contributed by atoms with Gasteiger partial charge in [0.2, 0.25) is 0 Å². The first kappa shape index (κ1) is 10.0. The van der Waals surface area contributed by atoms with Gasteiger partial charge >= 0.3 is 0 Å². The van der Waals surface area contributed by atoms with Gasteiger partial charge in [0.25, 0.3) is 0 Å². The minimum absolute atomic E-state index is 0.243. The van der Waals surface area contributed by atoms with Gasteiger partial charge in [-0.3, -0.25) is 4.98 Å².